The van der Waals surface area contributed by atoms with E-state index in [0.29, 0.717) is 28.3 Å². The van der Waals surface area contributed by atoms with Gasteiger partial charge in [-0.1, -0.05) is 35.0 Å². The van der Waals surface area contributed by atoms with E-state index in [1.165, 1.54) is 30.0 Å². The molecule has 0 spiro atoms. The van der Waals surface area contributed by atoms with Gasteiger partial charge in [-0.25, -0.2) is 0 Å². The molecule has 174 valence electrons. The molecule has 0 fully saturated rings. The number of rotatable bonds is 9. The molecule has 12 heteroatoms. The number of nitrogens with one attached hydrogen (secondary N) is 1. The van der Waals surface area contributed by atoms with Crippen LogP contribution >= 0.6 is 35.0 Å². The second kappa shape index (κ2) is 10.9. The summed E-state index contributed by atoms with van der Waals surface area (Å²) >= 11 is 13.0. The van der Waals surface area contributed by atoms with Gasteiger partial charge >= 0.3 is 0 Å². The zero-order valence-electron chi connectivity index (χ0n) is 18.0. The number of aryl methyl sites for hydroxylation is 1. The minimum atomic E-state index is -0.604. The molecule has 1 N–H and O–H groups in total. The van der Waals surface area contributed by atoms with Gasteiger partial charge in [0.25, 0.3) is 5.69 Å². The molecule has 1 amide bonds. The minimum absolute atomic E-state index is 0.00100. The second-order valence-electron chi connectivity index (χ2n) is 7.02. The third kappa shape index (κ3) is 6.16. The van der Waals surface area contributed by atoms with Gasteiger partial charge in [-0.05, 0) is 56.7 Å². The van der Waals surface area contributed by atoms with Crippen molar-refractivity contribution in [2.45, 2.75) is 38.6 Å². The Kier molecular flexibility index (Phi) is 8.17. The van der Waals surface area contributed by atoms with E-state index in [0.717, 1.165) is 5.56 Å². The van der Waals surface area contributed by atoms with E-state index in [2.05, 4.69) is 15.5 Å². The fourth-order valence-corrected chi connectivity index (χ4v) is 4.27. The monoisotopic (exact) mass is 509 g/mol. The molecule has 0 bridgehead atoms. The van der Waals surface area contributed by atoms with Crippen molar-refractivity contribution in [2.24, 2.45) is 0 Å². The van der Waals surface area contributed by atoms with E-state index >= 15 is 0 Å². The maximum Gasteiger partial charge on any atom is 0.289 e. The van der Waals surface area contributed by atoms with Crippen LogP contribution in [0.4, 0.5) is 11.4 Å². The number of nitro groups is 1. The van der Waals surface area contributed by atoms with Crippen LogP contribution in [-0.4, -0.2) is 31.3 Å². The molecule has 1 heterocycles. The number of carbonyl (C=O) groups is 1. The normalized spacial score (nSPS) is 11.8. The molecule has 3 aromatic rings. The van der Waals surface area contributed by atoms with E-state index in [1.54, 1.807) is 6.07 Å². The standard InChI is InChI=1S/C21H21Cl2N5O4S/c1-4-27-20(13(3)32-18-8-5-14(22)9-12(18)2)25-26-21(27)33-11-19(29)24-15-6-7-16(23)17(10-15)28(30)31/h5-10,13H,4,11H2,1-3H3,(H,24,29). The third-order valence-corrected chi connectivity index (χ3v) is 6.15. The first-order valence-electron chi connectivity index (χ1n) is 9.92. The molecular formula is C21H21Cl2N5O4S. The Balaban J connectivity index is 1.65. The van der Waals surface area contributed by atoms with Crippen LogP contribution in [0.5, 0.6) is 5.75 Å². The summed E-state index contributed by atoms with van der Waals surface area (Å²) in [5.74, 6) is 1.02. The smallest absolute Gasteiger partial charge is 0.289 e. The summed E-state index contributed by atoms with van der Waals surface area (Å²) in [6.07, 6.45) is -0.380. The second-order valence-corrected chi connectivity index (χ2v) is 8.80. The fraction of sp³-hybridized carbons (Fsp3) is 0.286. The summed E-state index contributed by atoms with van der Waals surface area (Å²) in [5, 5.41) is 23.3. The summed E-state index contributed by atoms with van der Waals surface area (Å²) in [5.41, 5.74) is 0.919. The largest absolute Gasteiger partial charge is 0.482 e. The highest BCUT2D eigenvalue weighted by Gasteiger charge is 2.20. The number of hydrogen-bond donors (Lipinski definition) is 1. The number of aromatic nitrogens is 3. The topological polar surface area (TPSA) is 112 Å². The number of anilines is 1. The van der Waals surface area contributed by atoms with Gasteiger partial charge in [0.1, 0.15) is 10.8 Å². The number of amides is 1. The van der Waals surface area contributed by atoms with Crippen LogP contribution in [0.3, 0.4) is 0 Å². The number of thioether (sulfide) groups is 1. The van der Waals surface area contributed by atoms with Gasteiger partial charge in [0.2, 0.25) is 5.91 Å². The van der Waals surface area contributed by atoms with Crippen molar-refractivity contribution in [2.75, 3.05) is 11.1 Å². The van der Waals surface area contributed by atoms with Crippen molar-refractivity contribution in [3.63, 3.8) is 0 Å². The van der Waals surface area contributed by atoms with Crippen LogP contribution in [-0.2, 0) is 11.3 Å². The SMILES string of the molecule is CCn1c(SCC(=O)Nc2ccc(Cl)c([N+](=O)[O-])c2)nnc1C(C)Oc1ccc(Cl)cc1C. The van der Waals surface area contributed by atoms with Gasteiger partial charge < -0.3 is 14.6 Å². The molecular weight excluding hydrogens is 489 g/mol. The van der Waals surface area contributed by atoms with Gasteiger partial charge in [0, 0.05) is 23.3 Å². The molecule has 9 nitrogen and oxygen atoms in total. The third-order valence-electron chi connectivity index (χ3n) is 4.62. The predicted molar refractivity (Wildman–Crippen MR) is 128 cm³/mol. The molecule has 0 saturated carbocycles. The number of ether oxygens (including phenoxy) is 1. The van der Waals surface area contributed by atoms with Crippen molar-refractivity contribution >= 4 is 52.2 Å². The fourth-order valence-electron chi connectivity index (χ4n) is 3.05. The molecule has 1 atom stereocenters. The van der Waals surface area contributed by atoms with Gasteiger partial charge in [0.15, 0.2) is 17.1 Å². The quantitative estimate of drug-likeness (QED) is 0.224. The first-order valence-corrected chi connectivity index (χ1v) is 11.7. The summed E-state index contributed by atoms with van der Waals surface area (Å²) in [6.45, 7) is 6.32. The zero-order chi connectivity index (χ0) is 24.1. The van der Waals surface area contributed by atoms with Crippen molar-refractivity contribution in [3.05, 3.63) is 67.9 Å². The van der Waals surface area contributed by atoms with Crippen LogP contribution in [0.15, 0.2) is 41.6 Å². The highest BCUT2D eigenvalue weighted by molar-refractivity contribution is 7.99. The zero-order valence-corrected chi connectivity index (χ0v) is 20.4. The lowest BCUT2D eigenvalue weighted by atomic mass is 10.2. The summed E-state index contributed by atoms with van der Waals surface area (Å²) in [6, 6.07) is 9.48. The highest BCUT2D eigenvalue weighted by Crippen LogP contribution is 2.29. The van der Waals surface area contributed by atoms with Crippen molar-refractivity contribution in [1.29, 1.82) is 0 Å². The summed E-state index contributed by atoms with van der Waals surface area (Å²) in [7, 11) is 0. The van der Waals surface area contributed by atoms with E-state index in [-0.39, 0.29) is 34.2 Å². The Morgan fingerprint density at radius 2 is 2.03 bits per heavy atom. The molecule has 1 unspecified atom stereocenters. The van der Waals surface area contributed by atoms with Crippen LogP contribution in [0.2, 0.25) is 10.0 Å². The first kappa shape index (κ1) is 24.8. The molecule has 2 aromatic carbocycles. The molecule has 0 radical (unpaired) electrons. The number of nitrogens with zero attached hydrogens (tertiary/aromatic N) is 4. The summed E-state index contributed by atoms with van der Waals surface area (Å²) < 4.78 is 7.93. The molecule has 0 aliphatic carbocycles. The van der Waals surface area contributed by atoms with Crippen LogP contribution < -0.4 is 10.1 Å². The van der Waals surface area contributed by atoms with E-state index in [9.17, 15) is 14.9 Å². The van der Waals surface area contributed by atoms with E-state index in [1.807, 2.05) is 37.5 Å². The summed E-state index contributed by atoms with van der Waals surface area (Å²) in [4.78, 5) is 22.8. The molecule has 1 aromatic heterocycles. The molecule has 3 rings (SSSR count). The Bertz CT molecular complexity index is 1190. The molecule has 33 heavy (non-hydrogen) atoms. The maximum atomic E-state index is 12.4. The number of nitro benzene ring substituents is 1. The molecule has 0 aliphatic rings. The van der Waals surface area contributed by atoms with Crippen LogP contribution in [0.25, 0.3) is 0 Å². The van der Waals surface area contributed by atoms with Crippen molar-refractivity contribution < 1.29 is 14.5 Å². The molecule has 0 saturated heterocycles. The lowest BCUT2D eigenvalue weighted by molar-refractivity contribution is -0.384. The number of carbonyl (C=O) groups excluding carboxylic acids is 1. The van der Waals surface area contributed by atoms with Gasteiger partial charge in [0.05, 0.1) is 10.7 Å². The number of hydrogen-bond acceptors (Lipinski definition) is 7. The van der Waals surface area contributed by atoms with E-state index < -0.39 is 4.92 Å². The van der Waals surface area contributed by atoms with Gasteiger partial charge in [-0.3, -0.25) is 14.9 Å². The Morgan fingerprint density at radius 1 is 1.27 bits per heavy atom. The Hall–Kier alpha value is -2.82. The van der Waals surface area contributed by atoms with Crippen LogP contribution in [0, 0.1) is 17.0 Å². The average Bonchev–Trinajstić information content (AvgIpc) is 3.18. The first-order chi connectivity index (χ1) is 15.7. The van der Waals surface area contributed by atoms with Gasteiger partial charge in [-0.2, -0.15) is 0 Å². The Labute approximate surface area is 204 Å². The van der Waals surface area contributed by atoms with Crippen molar-refractivity contribution in [3.8, 4) is 5.75 Å². The lowest BCUT2D eigenvalue weighted by Gasteiger charge is -2.17. The van der Waals surface area contributed by atoms with Gasteiger partial charge in [-0.15, -0.1) is 10.2 Å². The number of benzene rings is 2. The predicted octanol–water partition coefficient (Wildman–Crippen LogP) is 5.69. The van der Waals surface area contributed by atoms with E-state index in [4.69, 9.17) is 27.9 Å². The minimum Gasteiger partial charge on any atom is -0.482 e. The molecule has 0 aliphatic heterocycles. The number of halogens is 2. The Morgan fingerprint density at radius 3 is 2.70 bits per heavy atom. The highest BCUT2D eigenvalue weighted by atomic mass is 35.5. The maximum absolute atomic E-state index is 12.4. The van der Waals surface area contributed by atoms with Crippen LogP contribution in [0.1, 0.15) is 31.3 Å². The lowest BCUT2D eigenvalue weighted by Crippen LogP contribution is -2.15. The average molecular weight is 510 g/mol. The van der Waals surface area contributed by atoms with Crippen molar-refractivity contribution in [1.82, 2.24) is 14.8 Å².